The van der Waals surface area contributed by atoms with Gasteiger partial charge in [-0.15, -0.1) is 0 Å². The van der Waals surface area contributed by atoms with Crippen LogP contribution in [-0.2, 0) is 4.79 Å². The van der Waals surface area contributed by atoms with E-state index in [1.807, 2.05) is 0 Å². The van der Waals surface area contributed by atoms with E-state index in [-0.39, 0.29) is 16.3 Å². The summed E-state index contributed by atoms with van der Waals surface area (Å²) in [6.45, 7) is 0. The molecule has 0 aliphatic rings. The van der Waals surface area contributed by atoms with E-state index in [1.54, 1.807) is 0 Å². The standard InChI is InChI=1S/C8H3ClN2O3/c9-8-6(2-1-3-12)4-10-5-7(8)11(13)14/h3-5H. The Morgan fingerprint density at radius 2 is 2.29 bits per heavy atom. The second-order valence-electron chi connectivity index (χ2n) is 2.16. The molecule has 6 heteroatoms. The third kappa shape index (κ3) is 2.06. The average molecular weight is 211 g/mol. The zero-order valence-corrected chi connectivity index (χ0v) is 7.49. The van der Waals surface area contributed by atoms with Crippen molar-refractivity contribution < 1.29 is 9.72 Å². The number of nitro groups is 1. The van der Waals surface area contributed by atoms with Gasteiger partial charge < -0.3 is 0 Å². The molecule has 0 amide bonds. The first-order valence-corrected chi connectivity index (χ1v) is 3.77. The van der Waals surface area contributed by atoms with Crippen LogP contribution >= 0.6 is 11.6 Å². The van der Waals surface area contributed by atoms with Gasteiger partial charge in [-0.2, -0.15) is 0 Å². The lowest BCUT2D eigenvalue weighted by Gasteiger charge is -1.95. The largest absolute Gasteiger partial charge is 0.307 e. The van der Waals surface area contributed by atoms with E-state index in [2.05, 4.69) is 16.8 Å². The third-order valence-electron chi connectivity index (χ3n) is 1.32. The predicted molar refractivity (Wildman–Crippen MR) is 48.8 cm³/mol. The number of carbonyl (C=O) groups excluding carboxylic acids is 1. The molecule has 0 fully saturated rings. The highest BCUT2D eigenvalue weighted by Gasteiger charge is 2.14. The van der Waals surface area contributed by atoms with E-state index in [1.165, 1.54) is 6.20 Å². The van der Waals surface area contributed by atoms with Crippen LogP contribution in [0.3, 0.4) is 0 Å². The molecule has 1 aromatic rings. The van der Waals surface area contributed by atoms with Gasteiger partial charge in [-0.05, 0) is 5.92 Å². The zero-order valence-electron chi connectivity index (χ0n) is 6.73. The molecule has 0 atom stereocenters. The fourth-order valence-corrected chi connectivity index (χ4v) is 0.969. The van der Waals surface area contributed by atoms with E-state index in [0.29, 0.717) is 6.29 Å². The Bertz CT molecular complexity index is 448. The van der Waals surface area contributed by atoms with E-state index in [9.17, 15) is 14.9 Å². The normalized spacial score (nSPS) is 8.64. The highest BCUT2D eigenvalue weighted by molar-refractivity contribution is 6.33. The molecule has 0 saturated heterocycles. The summed E-state index contributed by atoms with van der Waals surface area (Å²) >= 11 is 5.64. The quantitative estimate of drug-likeness (QED) is 0.302. The first-order chi connectivity index (χ1) is 6.66. The van der Waals surface area contributed by atoms with Gasteiger partial charge in [0, 0.05) is 6.20 Å². The summed E-state index contributed by atoms with van der Waals surface area (Å²) in [5.41, 5.74) is -0.169. The molecule has 0 aromatic carbocycles. The molecule has 70 valence electrons. The number of halogens is 1. The first kappa shape index (κ1) is 10.2. The summed E-state index contributed by atoms with van der Waals surface area (Å²) in [7, 11) is 0. The van der Waals surface area contributed by atoms with Crippen LogP contribution in [0.4, 0.5) is 5.69 Å². The number of hydrogen-bond acceptors (Lipinski definition) is 4. The summed E-state index contributed by atoms with van der Waals surface area (Å²) in [4.78, 5) is 23.3. The van der Waals surface area contributed by atoms with Crippen molar-refractivity contribution in [1.82, 2.24) is 4.98 Å². The Morgan fingerprint density at radius 3 is 2.86 bits per heavy atom. The summed E-state index contributed by atoms with van der Waals surface area (Å²) in [6, 6.07) is 0. The SMILES string of the molecule is O=CC#Cc1cncc([N+](=O)[O-])c1Cl. The summed E-state index contributed by atoms with van der Waals surface area (Å²) in [6.07, 6.45) is 2.65. The Morgan fingerprint density at radius 1 is 1.57 bits per heavy atom. The van der Waals surface area contributed by atoms with Crippen molar-refractivity contribution in [3.05, 3.63) is 33.1 Å². The maximum Gasteiger partial charge on any atom is 0.307 e. The second kappa shape index (κ2) is 4.35. The van der Waals surface area contributed by atoms with Crippen molar-refractivity contribution >= 4 is 23.6 Å². The summed E-state index contributed by atoms with van der Waals surface area (Å²) in [5, 5.41) is 10.3. The first-order valence-electron chi connectivity index (χ1n) is 3.40. The van der Waals surface area contributed by atoms with Crippen LogP contribution in [-0.4, -0.2) is 16.2 Å². The number of carbonyl (C=O) groups is 1. The number of pyridine rings is 1. The molecule has 0 aliphatic carbocycles. The van der Waals surface area contributed by atoms with E-state index in [0.717, 1.165) is 6.20 Å². The molecule has 1 heterocycles. The summed E-state index contributed by atoms with van der Waals surface area (Å²) < 4.78 is 0. The molecular weight excluding hydrogens is 208 g/mol. The fourth-order valence-electron chi connectivity index (χ4n) is 0.755. The Labute approximate surface area is 83.9 Å². The van der Waals surface area contributed by atoms with E-state index < -0.39 is 4.92 Å². The lowest BCUT2D eigenvalue weighted by atomic mass is 10.2. The van der Waals surface area contributed by atoms with Gasteiger partial charge in [0.15, 0.2) is 6.29 Å². The number of nitrogens with zero attached hydrogens (tertiary/aromatic N) is 2. The minimum absolute atomic E-state index is 0.112. The molecule has 1 rings (SSSR count). The molecule has 0 N–H and O–H groups in total. The van der Waals surface area contributed by atoms with Crippen LogP contribution < -0.4 is 0 Å². The molecular formula is C8H3ClN2O3. The van der Waals surface area contributed by atoms with Crippen LogP contribution in [0, 0.1) is 22.0 Å². The van der Waals surface area contributed by atoms with Crippen molar-refractivity contribution in [1.29, 1.82) is 0 Å². The smallest absolute Gasteiger partial charge is 0.289 e. The van der Waals surface area contributed by atoms with Gasteiger partial charge >= 0.3 is 5.69 Å². The Hall–Kier alpha value is -1.93. The van der Waals surface area contributed by atoms with Crippen LogP contribution in [0.1, 0.15) is 5.56 Å². The zero-order chi connectivity index (χ0) is 10.6. The van der Waals surface area contributed by atoms with Crippen LogP contribution in [0.5, 0.6) is 0 Å². The van der Waals surface area contributed by atoms with Crippen molar-refractivity contribution in [2.45, 2.75) is 0 Å². The van der Waals surface area contributed by atoms with Gasteiger partial charge in [-0.25, -0.2) is 0 Å². The Balaban J connectivity index is 3.27. The van der Waals surface area contributed by atoms with Crippen molar-refractivity contribution in [2.24, 2.45) is 0 Å². The van der Waals surface area contributed by atoms with Crippen LogP contribution in [0.25, 0.3) is 0 Å². The van der Waals surface area contributed by atoms with Gasteiger partial charge in [0.25, 0.3) is 0 Å². The monoisotopic (exact) mass is 210 g/mol. The van der Waals surface area contributed by atoms with E-state index >= 15 is 0 Å². The van der Waals surface area contributed by atoms with Crippen LogP contribution in [0.15, 0.2) is 12.4 Å². The molecule has 0 bridgehead atoms. The highest BCUT2D eigenvalue weighted by atomic mass is 35.5. The van der Waals surface area contributed by atoms with Crippen molar-refractivity contribution in [3.63, 3.8) is 0 Å². The topological polar surface area (TPSA) is 73.1 Å². The number of aldehydes is 1. The van der Waals surface area contributed by atoms with Crippen molar-refractivity contribution in [3.8, 4) is 11.8 Å². The maximum atomic E-state index is 10.4. The average Bonchev–Trinajstić information content (AvgIpc) is 2.16. The van der Waals surface area contributed by atoms with Crippen LogP contribution in [0.2, 0.25) is 5.02 Å². The number of aromatic nitrogens is 1. The molecule has 14 heavy (non-hydrogen) atoms. The van der Waals surface area contributed by atoms with Crippen molar-refractivity contribution in [2.75, 3.05) is 0 Å². The lowest BCUT2D eigenvalue weighted by Crippen LogP contribution is -1.92. The summed E-state index contributed by atoms with van der Waals surface area (Å²) in [5.74, 6) is 4.43. The minimum Gasteiger partial charge on any atom is -0.289 e. The van der Waals surface area contributed by atoms with Gasteiger partial charge in [-0.3, -0.25) is 19.9 Å². The molecule has 5 nitrogen and oxygen atoms in total. The van der Waals surface area contributed by atoms with Gasteiger partial charge in [0.05, 0.1) is 10.5 Å². The molecule has 0 spiro atoms. The third-order valence-corrected chi connectivity index (χ3v) is 1.72. The lowest BCUT2D eigenvalue weighted by molar-refractivity contribution is -0.385. The molecule has 0 radical (unpaired) electrons. The van der Waals surface area contributed by atoms with E-state index in [4.69, 9.17) is 11.6 Å². The second-order valence-corrected chi connectivity index (χ2v) is 2.54. The minimum atomic E-state index is -0.665. The highest BCUT2D eigenvalue weighted by Crippen LogP contribution is 2.25. The fraction of sp³-hybridized carbons (Fsp3) is 0. The number of rotatable bonds is 1. The Kier molecular flexibility index (Phi) is 3.15. The molecule has 0 aliphatic heterocycles. The molecule has 1 aromatic heterocycles. The maximum absolute atomic E-state index is 10.4. The van der Waals surface area contributed by atoms with Gasteiger partial charge in [0.1, 0.15) is 11.2 Å². The van der Waals surface area contributed by atoms with Gasteiger partial charge in [0.2, 0.25) is 0 Å². The predicted octanol–water partition coefficient (Wildman–Crippen LogP) is 1.19. The molecule has 0 unspecified atom stereocenters. The van der Waals surface area contributed by atoms with Gasteiger partial charge in [-0.1, -0.05) is 17.5 Å². The molecule has 0 saturated carbocycles. The number of hydrogen-bond donors (Lipinski definition) is 0.